The number of thiophene rings is 1. The molecule has 16 heavy (non-hydrogen) atoms. The largest absolute Gasteiger partial charge is 0.338 e. The summed E-state index contributed by atoms with van der Waals surface area (Å²) >= 11 is 1.70. The summed E-state index contributed by atoms with van der Waals surface area (Å²) in [4.78, 5) is 7.74. The van der Waals surface area contributed by atoms with Gasteiger partial charge in [0.25, 0.3) is 0 Å². The molecule has 3 aromatic rings. The number of rotatable bonds is 2. The average Bonchev–Trinajstić information content (AvgIpc) is 2.95. The number of fused-ring (bicyclic) bond motifs is 1. The van der Waals surface area contributed by atoms with Crippen LogP contribution in [-0.4, -0.2) is 9.97 Å². The molecule has 0 saturated heterocycles. The molecule has 2 heterocycles. The Morgan fingerprint density at radius 2 is 2.06 bits per heavy atom. The van der Waals surface area contributed by atoms with E-state index in [4.69, 9.17) is 0 Å². The predicted molar refractivity (Wildman–Crippen MR) is 69.3 cm³/mol. The van der Waals surface area contributed by atoms with Gasteiger partial charge in [-0.15, -0.1) is 0 Å². The zero-order chi connectivity index (χ0) is 10.8. The summed E-state index contributed by atoms with van der Waals surface area (Å²) in [5.41, 5.74) is 3.30. The second kappa shape index (κ2) is 3.94. The van der Waals surface area contributed by atoms with Gasteiger partial charge in [-0.1, -0.05) is 18.2 Å². The Balaban J connectivity index is 1.95. The van der Waals surface area contributed by atoms with Crippen molar-refractivity contribution in [1.29, 1.82) is 0 Å². The van der Waals surface area contributed by atoms with Crippen molar-refractivity contribution in [3.63, 3.8) is 0 Å². The van der Waals surface area contributed by atoms with E-state index in [-0.39, 0.29) is 0 Å². The zero-order valence-electron chi connectivity index (χ0n) is 8.55. The molecule has 0 amide bonds. The highest BCUT2D eigenvalue weighted by molar-refractivity contribution is 7.08. The average molecular weight is 226 g/mol. The lowest BCUT2D eigenvalue weighted by Gasteiger charge is -1.83. The maximum atomic E-state index is 4.47. The third-order valence-electron chi connectivity index (χ3n) is 2.38. The summed E-state index contributed by atoms with van der Waals surface area (Å²) in [7, 11) is 0. The van der Waals surface area contributed by atoms with Crippen molar-refractivity contribution in [3.05, 3.63) is 52.5 Å². The van der Waals surface area contributed by atoms with Gasteiger partial charge in [0.05, 0.1) is 11.0 Å². The Morgan fingerprint density at radius 1 is 1.12 bits per heavy atom. The topological polar surface area (TPSA) is 28.7 Å². The molecule has 0 unspecified atom stereocenters. The fraction of sp³-hybridized carbons (Fsp3) is 0. The molecule has 3 heteroatoms. The number of benzene rings is 1. The van der Waals surface area contributed by atoms with E-state index in [1.165, 1.54) is 5.56 Å². The molecule has 3 rings (SSSR count). The van der Waals surface area contributed by atoms with E-state index in [1.54, 1.807) is 11.3 Å². The number of aromatic nitrogens is 2. The van der Waals surface area contributed by atoms with Gasteiger partial charge in [-0.2, -0.15) is 11.3 Å². The minimum Gasteiger partial charge on any atom is -0.338 e. The summed E-state index contributed by atoms with van der Waals surface area (Å²) in [5.74, 6) is 0.896. The van der Waals surface area contributed by atoms with E-state index in [9.17, 15) is 0 Å². The molecule has 2 nitrogen and oxygen atoms in total. The third kappa shape index (κ3) is 1.77. The standard InChI is InChI=1S/C13H10N2S/c1-2-4-12-11(3-1)14-13(15-12)6-5-10-7-8-16-9-10/h1-9H,(H,14,15)/b6-5+. The van der Waals surface area contributed by atoms with Crippen LogP contribution in [0.3, 0.4) is 0 Å². The van der Waals surface area contributed by atoms with Gasteiger partial charge in [-0.3, -0.25) is 0 Å². The molecule has 0 atom stereocenters. The van der Waals surface area contributed by atoms with Crippen LogP contribution in [-0.2, 0) is 0 Å². The number of nitrogens with one attached hydrogen (secondary N) is 1. The fourth-order valence-corrected chi connectivity index (χ4v) is 2.22. The van der Waals surface area contributed by atoms with Crippen LogP contribution in [0.2, 0.25) is 0 Å². The number of hydrogen-bond donors (Lipinski definition) is 1. The molecule has 0 aliphatic rings. The molecule has 78 valence electrons. The van der Waals surface area contributed by atoms with E-state index < -0.39 is 0 Å². The van der Waals surface area contributed by atoms with Gasteiger partial charge in [0.2, 0.25) is 0 Å². The van der Waals surface area contributed by atoms with Crippen molar-refractivity contribution >= 4 is 34.5 Å². The van der Waals surface area contributed by atoms with Crippen molar-refractivity contribution in [2.45, 2.75) is 0 Å². The number of H-pyrrole nitrogens is 1. The summed E-state index contributed by atoms with van der Waals surface area (Å²) < 4.78 is 0. The van der Waals surface area contributed by atoms with Crippen molar-refractivity contribution in [2.75, 3.05) is 0 Å². The lowest BCUT2D eigenvalue weighted by molar-refractivity contribution is 1.29. The van der Waals surface area contributed by atoms with E-state index in [2.05, 4.69) is 32.9 Å². The Morgan fingerprint density at radius 3 is 2.88 bits per heavy atom. The van der Waals surface area contributed by atoms with Crippen LogP contribution in [0.15, 0.2) is 41.1 Å². The summed E-state index contributed by atoms with van der Waals surface area (Å²) in [6.07, 6.45) is 4.07. The molecule has 0 spiro atoms. The van der Waals surface area contributed by atoms with Crippen LogP contribution in [0.1, 0.15) is 11.4 Å². The second-order valence-corrected chi connectivity index (χ2v) is 4.31. The lowest BCUT2D eigenvalue weighted by Crippen LogP contribution is -1.72. The maximum Gasteiger partial charge on any atom is 0.131 e. The fourth-order valence-electron chi connectivity index (χ4n) is 1.60. The molecule has 1 aromatic carbocycles. The van der Waals surface area contributed by atoms with Crippen LogP contribution in [0.4, 0.5) is 0 Å². The summed E-state index contributed by atoms with van der Waals surface area (Å²) in [6, 6.07) is 10.1. The van der Waals surface area contributed by atoms with Gasteiger partial charge < -0.3 is 4.98 Å². The lowest BCUT2D eigenvalue weighted by atomic mass is 10.3. The van der Waals surface area contributed by atoms with E-state index in [0.29, 0.717) is 0 Å². The van der Waals surface area contributed by atoms with Crippen LogP contribution < -0.4 is 0 Å². The molecular formula is C13H10N2S. The van der Waals surface area contributed by atoms with Gasteiger partial charge in [0, 0.05) is 0 Å². The number of para-hydroxylation sites is 2. The van der Waals surface area contributed by atoms with Gasteiger partial charge >= 0.3 is 0 Å². The first kappa shape index (κ1) is 9.36. The van der Waals surface area contributed by atoms with Crippen molar-refractivity contribution < 1.29 is 0 Å². The molecule has 0 bridgehead atoms. The van der Waals surface area contributed by atoms with Crippen molar-refractivity contribution in [3.8, 4) is 0 Å². The SMILES string of the molecule is C(=C\c1nc2ccccc2[nH]1)/c1ccsc1. The van der Waals surface area contributed by atoms with E-state index in [0.717, 1.165) is 16.9 Å². The Bertz CT molecular complexity index is 587. The van der Waals surface area contributed by atoms with Gasteiger partial charge in [-0.05, 0) is 40.6 Å². The maximum absolute atomic E-state index is 4.47. The zero-order valence-corrected chi connectivity index (χ0v) is 9.37. The van der Waals surface area contributed by atoms with Crippen LogP contribution in [0.25, 0.3) is 23.2 Å². The molecule has 0 aliphatic carbocycles. The highest BCUT2D eigenvalue weighted by Gasteiger charge is 1.97. The molecular weight excluding hydrogens is 216 g/mol. The number of nitrogens with zero attached hydrogens (tertiary/aromatic N) is 1. The Kier molecular flexibility index (Phi) is 2.31. The molecule has 0 fully saturated rings. The minimum atomic E-state index is 0.896. The van der Waals surface area contributed by atoms with Crippen molar-refractivity contribution in [2.24, 2.45) is 0 Å². The van der Waals surface area contributed by atoms with Gasteiger partial charge in [0.1, 0.15) is 5.82 Å². The Hall–Kier alpha value is -1.87. The molecule has 0 aliphatic heterocycles. The summed E-state index contributed by atoms with van der Waals surface area (Å²) in [5, 5.41) is 4.18. The second-order valence-electron chi connectivity index (χ2n) is 3.53. The first-order chi connectivity index (χ1) is 7.92. The first-order valence-corrected chi connectivity index (χ1v) is 6.01. The smallest absolute Gasteiger partial charge is 0.131 e. The highest BCUT2D eigenvalue weighted by Crippen LogP contribution is 2.13. The monoisotopic (exact) mass is 226 g/mol. The van der Waals surface area contributed by atoms with Crippen molar-refractivity contribution in [1.82, 2.24) is 9.97 Å². The number of imidazole rings is 1. The van der Waals surface area contributed by atoms with Gasteiger partial charge in [0.15, 0.2) is 0 Å². The van der Waals surface area contributed by atoms with Crippen LogP contribution in [0.5, 0.6) is 0 Å². The first-order valence-electron chi connectivity index (χ1n) is 5.07. The molecule has 2 aromatic heterocycles. The summed E-state index contributed by atoms with van der Waals surface area (Å²) in [6.45, 7) is 0. The molecule has 0 radical (unpaired) electrons. The molecule has 0 saturated carbocycles. The minimum absolute atomic E-state index is 0.896. The van der Waals surface area contributed by atoms with Crippen LogP contribution >= 0.6 is 11.3 Å². The highest BCUT2D eigenvalue weighted by atomic mass is 32.1. The number of aromatic amines is 1. The van der Waals surface area contributed by atoms with E-state index in [1.807, 2.05) is 30.3 Å². The van der Waals surface area contributed by atoms with E-state index >= 15 is 0 Å². The third-order valence-corrected chi connectivity index (χ3v) is 3.09. The molecule has 1 N–H and O–H groups in total. The normalized spacial score (nSPS) is 11.5. The quantitative estimate of drug-likeness (QED) is 0.707. The Labute approximate surface area is 97.3 Å². The number of hydrogen-bond acceptors (Lipinski definition) is 2. The van der Waals surface area contributed by atoms with Gasteiger partial charge in [-0.25, -0.2) is 4.98 Å². The predicted octanol–water partition coefficient (Wildman–Crippen LogP) is 3.79. The van der Waals surface area contributed by atoms with Crippen LogP contribution in [0, 0.1) is 0 Å².